The van der Waals surface area contributed by atoms with Crippen LogP contribution in [0.4, 0.5) is 5.69 Å². The Kier molecular flexibility index (Phi) is 9.26. The molecule has 0 heterocycles. The van der Waals surface area contributed by atoms with E-state index in [1.54, 1.807) is 13.2 Å². The number of benzene rings is 2. The summed E-state index contributed by atoms with van der Waals surface area (Å²) >= 11 is 0. The van der Waals surface area contributed by atoms with Gasteiger partial charge in [-0.2, -0.15) is 0 Å². The van der Waals surface area contributed by atoms with Gasteiger partial charge in [-0.05, 0) is 55.7 Å². The highest BCUT2D eigenvalue weighted by atomic mass is 16.5. The van der Waals surface area contributed by atoms with E-state index in [-0.39, 0.29) is 30.6 Å². The molecule has 2 rings (SSSR count). The van der Waals surface area contributed by atoms with Crippen molar-refractivity contribution in [2.24, 2.45) is 0 Å². The third-order valence-corrected chi connectivity index (χ3v) is 5.12. The highest BCUT2D eigenvalue weighted by Crippen LogP contribution is 2.30. The quantitative estimate of drug-likeness (QED) is 0.321. The van der Waals surface area contributed by atoms with E-state index in [0.717, 1.165) is 22.6 Å². The SMILES string of the molecule is COc1ccc(C[C@@H](C)NC[C@H](O)c2ccc(O)c(N(C=O)CC(O)C(C)O)c2)cc1. The molecule has 1 amide bonds. The number of anilines is 1. The number of ether oxygens (including phenoxy) is 1. The van der Waals surface area contributed by atoms with Crippen LogP contribution in [0.2, 0.25) is 0 Å². The number of hydrogen-bond acceptors (Lipinski definition) is 7. The molecule has 2 unspecified atom stereocenters. The minimum absolute atomic E-state index is 0.104. The normalized spacial score (nSPS) is 15.0. The van der Waals surface area contributed by atoms with Gasteiger partial charge < -0.3 is 35.4 Å². The van der Waals surface area contributed by atoms with E-state index in [0.29, 0.717) is 12.0 Å². The molecule has 0 aliphatic heterocycles. The summed E-state index contributed by atoms with van der Waals surface area (Å²) < 4.78 is 5.16. The van der Waals surface area contributed by atoms with Crippen LogP contribution < -0.4 is 15.0 Å². The first-order valence-corrected chi connectivity index (χ1v) is 10.2. The molecular formula is C23H32N2O6. The number of hydrogen-bond donors (Lipinski definition) is 5. The monoisotopic (exact) mass is 432 g/mol. The van der Waals surface area contributed by atoms with Crippen LogP contribution in [0.25, 0.3) is 0 Å². The Morgan fingerprint density at radius 1 is 1.10 bits per heavy atom. The zero-order valence-corrected chi connectivity index (χ0v) is 18.1. The molecule has 0 saturated heterocycles. The second kappa shape index (κ2) is 11.7. The van der Waals surface area contributed by atoms with E-state index in [1.807, 2.05) is 31.2 Å². The molecule has 4 atom stereocenters. The summed E-state index contributed by atoms with van der Waals surface area (Å²) in [6.45, 7) is 3.52. The summed E-state index contributed by atoms with van der Waals surface area (Å²) in [5.41, 5.74) is 1.80. The van der Waals surface area contributed by atoms with E-state index in [2.05, 4.69) is 5.32 Å². The van der Waals surface area contributed by atoms with Gasteiger partial charge in [-0.25, -0.2) is 0 Å². The molecule has 2 aromatic carbocycles. The van der Waals surface area contributed by atoms with Crippen molar-refractivity contribution in [1.82, 2.24) is 5.32 Å². The Labute approximate surface area is 182 Å². The number of aliphatic hydroxyl groups is 3. The van der Waals surface area contributed by atoms with E-state index in [9.17, 15) is 25.2 Å². The molecular weight excluding hydrogens is 400 g/mol. The minimum Gasteiger partial charge on any atom is -0.506 e. The van der Waals surface area contributed by atoms with Crippen molar-refractivity contribution in [3.8, 4) is 11.5 Å². The van der Waals surface area contributed by atoms with E-state index in [1.165, 1.54) is 19.1 Å². The number of carbonyl (C=O) groups excluding carboxylic acids is 1. The van der Waals surface area contributed by atoms with E-state index in [4.69, 9.17) is 4.74 Å². The molecule has 2 aromatic rings. The fourth-order valence-electron chi connectivity index (χ4n) is 3.15. The summed E-state index contributed by atoms with van der Waals surface area (Å²) in [5.74, 6) is 0.634. The van der Waals surface area contributed by atoms with Crippen molar-refractivity contribution in [1.29, 1.82) is 0 Å². The first-order valence-electron chi connectivity index (χ1n) is 10.2. The lowest BCUT2D eigenvalue weighted by atomic mass is 10.0. The van der Waals surface area contributed by atoms with Crippen LogP contribution in [-0.4, -0.2) is 65.3 Å². The molecule has 8 nitrogen and oxygen atoms in total. The lowest BCUT2D eigenvalue weighted by Gasteiger charge is -2.24. The third kappa shape index (κ3) is 7.22. The summed E-state index contributed by atoms with van der Waals surface area (Å²) in [6.07, 6.45) is -1.83. The van der Waals surface area contributed by atoms with Crippen molar-refractivity contribution in [3.63, 3.8) is 0 Å². The van der Waals surface area contributed by atoms with Crippen molar-refractivity contribution in [2.45, 2.75) is 44.6 Å². The van der Waals surface area contributed by atoms with Crippen LogP contribution in [0.3, 0.4) is 0 Å². The highest BCUT2D eigenvalue weighted by Gasteiger charge is 2.20. The number of carbonyl (C=O) groups is 1. The van der Waals surface area contributed by atoms with Gasteiger partial charge in [0.2, 0.25) is 6.41 Å². The van der Waals surface area contributed by atoms with Gasteiger partial charge in [0.15, 0.2) is 0 Å². The van der Waals surface area contributed by atoms with E-state index >= 15 is 0 Å². The number of methoxy groups -OCH3 is 1. The minimum atomic E-state index is -1.17. The summed E-state index contributed by atoms with van der Waals surface area (Å²) in [7, 11) is 1.62. The van der Waals surface area contributed by atoms with E-state index < -0.39 is 18.3 Å². The van der Waals surface area contributed by atoms with Crippen molar-refractivity contribution < 1.29 is 30.0 Å². The van der Waals surface area contributed by atoms with Gasteiger partial charge in [-0.3, -0.25) is 4.79 Å². The largest absolute Gasteiger partial charge is 0.506 e. The highest BCUT2D eigenvalue weighted by molar-refractivity contribution is 5.79. The second-order valence-electron chi connectivity index (χ2n) is 7.69. The average molecular weight is 433 g/mol. The molecule has 31 heavy (non-hydrogen) atoms. The smallest absolute Gasteiger partial charge is 0.214 e. The zero-order chi connectivity index (χ0) is 23.0. The van der Waals surface area contributed by atoms with Gasteiger partial charge in [0.25, 0.3) is 0 Å². The Balaban J connectivity index is 2.00. The molecule has 0 fully saturated rings. The zero-order valence-electron chi connectivity index (χ0n) is 18.1. The molecule has 0 aliphatic carbocycles. The Hall–Kier alpha value is -2.65. The summed E-state index contributed by atoms with van der Waals surface area (Å²) in [6, 6.07) is 12.4. The second-order valence-corrected chi connectivity index (χ2v) is 7.69. The topological polar surface area (TPSA) is 122 Å². The van der Waals surface area contributed by atoms with Crippen LogP contribution in [0.1, 0.15) is 31.1 Å². The molecule has 0 radical (unpaired) electrons. The molecule has 0 aromatic heterocycles. The molecule has 5 N–H and O–H groups in total. The average Bonchev–Trinajstić information content (AvgIpc) is 2.76. The standard InChI is InChI=1S/C23H32N2O6/c1-15(10-17-4-7-19(31-3)8-5-17)24-12-22(29)18-6-9-21(28)20(11-18)25(14-26)13-23(30)16(2)27/h4-9,11,14-16,22-24,27-30H,10,12-13H2,1-3H3/t15-,16?,22+,23?/m1/s1. The predicted octanol–water partition coefficient (Wildman–Crippen LogP) is 1.36. The first-order chi connectivity index (χ1) is 14.7. The van der Waals surface area contributed by atoms with Gasteiger partial charge in [0.05, 0.1) is 37.7 Å². The van der Waals surface area contributed by atoms with Gasteiger partial charge in [0, 0.05) is 12.6 Å². The number of rotatable bonds is 12. The van der Waals surface area contributed by atoms with Crippen molar-refractivity contribution >= 4 is 12.1 Å². The molecule has 0 saturated carbocycles. The maximum Gasteiger partial charge on any atom is 0.214 e. The van der Waals surface area contributed by atoms with Crippen LogP contribution in [-0.2, 0) is 11.2 Å². The number of nitrogens with zero attached hydrogens (tertiary/aromatic N) is 1. The summed E-state index contributed by atoms with van der Waals surface area (Å²) in [5, 5.41) is 43.3. The molecule has 0 spiro atoms. The lowest BCUT2D eigenvalue weighted by Crippen LogP contribution is -2.37. The lowest BCUT2D eigenvalue weighted by molar-refractivity contribution is -0.108. The Morgan fingerprint density at radius 2 is 1.77 bits per heavy atom. The third-order valence-electron chi connectivity index (χ3n) is 5.12. The molecule has 0 bridgehead atoms. The van der Waals surface area contributed by atoms with Crippen LogP contribution >= 0.6 is 0 Å². The van der Waals surface area contributed by atoms with Crippen molar-refractivity contribution in [2.75, 3.05) is 25.1 Å². The fourth-order valence-corrected chi connectivity index (χ4v) is 3.15. The maximum atomic E-state index is 11.5. The van der Waals surface area contributed by atoms with Crippen molar-refractivity contribution in [3.05, 3.63) is 53.6 Å². The van der Waals surface area contributed by atoms with Crippen LogP contribution in [0.5, 0.6) is 11.5 Å². The van der Waals surface area contributed by atoms with Gasteiger partial charge in [-0.1, -0.05) is 18.2 Å². The maximum absolute atomic E-state index is 11.5. The summed E-state index contributed by atoms with van der Waals surface area (Å²) in [4.78, 5) is 12.6. The number of phenolic OH excluding ortho intramolecular Hbond substituents is 1. The molecule has 170 valence electrons. The van der Waals surface area contributed by atoms with Gasteiger partial charge >= 0.3 is 0 Å². The first kappa shape index (κ1) is 24.6. The van der Waals surface area contributed by atoms with Crippen LogP contribution in [0, 0.1) is 0 Å². The number of aromatic hydroxyl groups is 1. The van der Waals surface area contributed by atoms with Crippen LogP contribution in [0.15, 0.2) is 42.5 Å². The Morgan fingerprint density at radius 3 is 2.35 bits per heavy atom. The predicted molar refractivity (Wildman–Crippen MR) is 118 cm³/mol. The number of phenols is 1. The number of aliphatic hydroxyl groups excluding tert-OH is 3. The number of amides is 1. The van der Waals surface area contributed by atoms with Gasteiger partial charge in [0.1, 0.15) is 11.5 Å². The number of nitrogens with one attached hydrogen (secondary N) is 1. The van der Waals surface area contributed by atoms with Gasteiger partial charge in [-0.15, -0.1) is 0 Å². The molecule has 8 heteroatoms. The molecule has 0 aliphatic rings. The Bertz CT molecular complexity index is 827. The fraction of sp³-hybridized carbons (Fsp3) is 0.435.